The van der Waals surface area contributed by atoms with Crippen LogP contribution in [0.3, 0.4) is 0 Å². The van der Waals surface area contributed by atoms with Gasteiger partial charge in [0.15, 0.2) is 0 Å². The van der Waals surface area contributed by atoms with E-state index in [0.717, 1.165) is 25.1 Å². The summed E-state index contributed by atoms with van der Waals surface area (Å²) in [5.41, 5.74) is 9.27. The first-order chi connectivity index (χ1) is 10.4. The summed E-state index contributed by atoms with van der Waals surface area (Å²) in [5.74, 6) is 0.698. The Hall–Kier alpha value is -1.85. The first-order valence-corrected chi connectivity index (χ1v) is 7.70. The van der Waals surface area contributed by atoms with Crippen LogP contribution in [-0.4, -0.2) is 37.2 Å². The van der Waals surface area contributed by atoms with Crippen LogP contribution in [-0.2, 0) is 0 Å². The van der Waals surface area contributed by atoms with Gasteiger partial charge < -0.3 is 21.3 Å². The molecule has 0 amide bonds. The van der Waals surface area contributed by atoms with Crippen LogP contribution in [0, 0.1) is 13.8 Å². The van der Waals surface area contributed by atoms with Gasteiger partial charge in [-0.15, -0.1) is 0 Å². The Morgan fingerprint density at radius 1 is 1.32 bits per heavy atom. The second kappa shape index (κ2) is 6.94. The fourth-order valence-corrected chi connectivity index (χ4v) is 2.44. The monoisotopic (exact) mass is 301 g/mol. The van der Waals surface area contributed by atoms with Crippen molar-refractivity contribution in [2.24, 2.45) is 10.7 Å². The Labute approximate surface area is 133 Å². The molecule has 0 spiro atoms. The largest absolute Gasteiger partial charge is 0.333 e. The van der Waals surface area contributed by atoms with E-state index in [1.807, 2.05) is 18.3 Å². The molecule has 1 unspecified atom stereocenters. The lowest BCUT2D eigenvalue weighted by molar-refractivity contribution is 0.367. The lowest BCUT2D eigenvalue weighted by Gasteiger charge is -2.27. The van der Waals surface area contributed by atoms with Crippen LogP contribution in [0.15, 0.2) is 35.5 Å². The molecule has 1 aromatic carbocycles. The molecule has 1 aliphatic heterocycles. The highest BCUT2D eigenvalue weighted by Crippen LogP contribution is 2.20. The third-order valence-corrected chi connectivity index (χ3v) is 3.95. The number of nitrogens with two attached hydrogens (primary N) is 1. The van der Waals surface area contributed by atoms with Crippen LogP contribution in [0.25, 0.3) is 0 Å². The fourth-order valence-electron chi connectivity index (χ4n) is 2.44. The summed E-state index contributed by atoms with van der Waals surface area (Å²) >= 11 is 0. The summed E-state index contributed by atoms with van der Waals surface area (Å²) < 4.78 is 0. The molecule has 0 radical (unpaired) electrons. The van der Waals surface area contributed by atoms with E-state index >= 15 is 0 Å². The maximum atomic E-state index is 6.38. The zero-order chi connectivity index (χ0) is 16.2. The summed E-state index contributed by atoms with van der Waals surface area (Å²) in [7, 11) is 4.14. The number of hydrogen-bond acceptors (Lipinski definition) is 5. The van der Waals surface area contributed by atoms with Gasteiger partial charge in [0.1, 0.15) is 5.66 Å². The van der Waals surface area contributed by atoms with Gasteiger partial charge in [-0.25, -0.2) is 4.99 Å². The van der Waals surface area contributed by atoms with Gasteiger partial charge in [-0.1, -0.05) is 12.1 Å². The molecule has 1 atom stereocenters. The molecule has 1 aromatic rings. The predicted octanol–water partition coefficient (Wildman–Crippen LogP) is 2.19. The highest BCUT2D eigenvalue weighted by atomic mass is 15.2. The van der Waals surface area contributed by atoms with Crippen molar-refractivity contribution >= 4 is 11.6 Å². The van der Waals surface area contributed by atoms with Crippen molar-refractivity contribution in [2.45, 2.75) is 32.4 Å². The fraction of sp³-hybridized carbons (Fsp3) is 0.471. The molecule has 22 heavy (non-hydrogen) atoms. The van der Waals surface area contributed by atoms with Crippen molar-refractivity contribution < 1.29 is 0 Å². The Morgan fingerprint density at radius 2 is 2.09 bits per heavy atom. The number of nitrogens with zero attached hydrogens (tertiary/aromatic N) is 2. The summed E-state index contributed by atoms with van der Waals surface area (Å²) in [6.45, 7) is 5.21. The maximum absolute atomic E-state index is 6.38. The summed E-state index contributed by atoms with van der Waals surface area (Å²) in [5, 5.41) is 6.48. The molecule has 120 valence electrons. The maximum Gasteiger partial charge on any atom is 0.202 e. The standard InChI is InChI=1S/C17H27N5/c1-13-7-5-8-15(14(13)2)20-16-19-11-10-17(18,21-16)9-6-12-22(3)4/h5,7-8,10-11H,6,9,12,18H2,1-4H3,(H2,19,20,21). The van der Waals surface area contributed by atoms with Crippen LogP contribution in [0.5, 0.6) is 0 Å². The summed E-state index contributed by atoms with van der Waals surface area (Å²) in [6.07, 6.45) is 5.63. The van der Waals surface area contributed by atoms with Crippen molar-refractivity contribution in [3.63, 3.8) is 0 Å². The van der Waals surface area contributed by atoms with E-state index in [0.29, 0.717) is 5.96 Å². The Bertz CT molecular complexity index is 576. The molecule has 1 aliphatic rings. The number of guanidine groups is 1. The third-order valence-electron chi connectivity index (χ3n) is 3.95. The van der Waals surface area contributed by atoms with E-state index in [9.17, 15) is 0 Å². The minimum Gasteiger partial charge on any atom is -0.333 e. The van der Waals surface area contributed by atoms with E-state index in [-0.39, 0.29) is 0 Å². The highest BCUT2D eigenvalue weighted by Gasteiger charge is 2.24. The second-order valence-electron chi connectivity index (χ2n) is 6.21. The van der Waals surface area contributed by atoms with E-state index in [4.69, 9.17) is 5.73 Å². The van der Waals surface area contributed by atoms with Gasteiger partial charge in [0, 0.05) is 11.9 Å². The van der Waals surface area contributed by atoms with Crippen molar-refractivity contribution in [2.75, 3.05) is 26.0 Å². The molecule has 5 nitrogen and oxygen atoms in total. The minimum absolute atomic E-state index is 0.638. The molecule has 0 aromatic heterocycles. The average molecular weight is 301 g/mol. The molecule has 1 heterocycles. The molecule has 5 heteroatoms. The van der Waals surface area contributed by atoms with E-state index in [1.54, 1.807) is 0 Å². The SMILES string of the molecule is Cc1cccc(NC2=NC(N)(CCCN(C)C)C=CN2)c1C. The quantitative estimate of drug-likeness (QED) is 0.780. The second-order valence-corrected chi connectivity index (χ2v) is 6.21. The van der Waals surface area contributed by atoms with Crippen LogP contribution in [0.2, 0.25) is 0 Å². The van der Waals surface area contributed by atoms with Gasteiger partial charge in [-0.2, -0.15) is 0 Å². The topological polar surface area (TPSA) is 65.7 Å². The Balaban J connectivity index is 2.06. The van der Waals surface area contributed by atoms with Crippen molar-refractivity contribution in [3.8, 4) is 0 Å². The van der Waals surface area contributed by atoms with Gasteiger partial charge in [0.25, 0.3) is 0 Å². The van der Waals surface area contributed by atoms with Gasteiger partial charge >= 0.3 is 0 Å². The van der Waals surface area contributed by atoms with Crippen LogP contribution >= 0.6 is 0 Å². The zero-order valence-corrected chi connectivity index (χ0v) is 14.0. The first kappa shape index (κ1) is 16.5. The first-order valence-electron chi connectivity index (χ1n) is 7.70. The van der Waals surface area contributed by atoms with E-state index in [2.05, 4.69) is 60.6 Å². The third kappa shape index (κ3) is 4.32. The number of benzene rings is 1. The molecular formula is C17H27N5. The Morgan fingerprint density at radius 3 is 2.82 bits per heavy atom. The van der Waals surface area contributed by atoms with Crippen LogP contribution < -0.4 is 16.4 Å². The number of rotatable bonds is 5. The minimum atomic E-state index is -0.638. The smallest absolute Gasteiger partial charge is 0.202 e. The van der Waals surface area contributed by atoms with E-state index < -0.39 is 5.66 Å². The molecule has 4 N–H and O–H groups in total. The highest BCUT2D eigenvalue weighted by molar-refractivity contribution is 5.95. The predicted molar refractivity (Wildman–Crippen MR) is 94.0 cm³/mol. The Kier molecular flexibility index (Phi) is 5.21. The normalized spacial score (nSPS) is 20.7. The number of anilines is 1. The lowest BCUT2D eigenvalue weighted by atomic mass is 10.0. The number of aliphatic imine (C=N–C) groups is 1. The van der Waals surface area contributed by atoms with Gasteiger partial charge in [0.2, 0.25) is 5.96 Å². The zero-order valence-electron chi connectivity index (χ0n) is 14.0. The number of hydrogen-bond donors (Lipinski definition) is 3. The van der Waals surface area contributed by atoms with Gasteiger partial charge in [0.05, 0.1) is 0 Å². The van der Waals surface area contributed by atoms with Gasteiger partial charge in [-0.3, -0.25) is 0 Å². The molecule has 0 bridgehead atoms. The molecule has 0 aliphatic carbocycles. The molecule has 0 fully saturated rings. The average Bonchev–Trinajstić information content (AvgIpc) is 2.43. The molecular weight excluding hydrogens is 274 g/mol. The van der Waals surface area contributed by atoms with Crippen molar-refractivity contribution in [3.05, 3.63) is 41.6 Å². The van der Waals surface area contributed by atoms with Crippen molar-refractivity contribution in [1.29, 1.82) is 0 Å². The molecule has 0 saturated heterocycles. The van der Waals surface area contributed by atoms with Crippen LogP contribution in [0.1, 0.15) is 24.0 Å². The molecule has 2 rings (SSSR count). The number of aryl methyl sites for hydroxylation is 1. The number of nitrogens with one attached hydrogen (secondary N) is 2. The summed E-state index contributed by atoms with van der Waals surface area (Å²) in [4.78, 5) is 6.80. The molecule has 0 saturated carbocycles. The lowest BCUT2D eigenvalue weighted by Crippen LogP contribution is -2.44. The van der Waals surface area contributed by atoms with Gasteiger partial charge in [-0.05, 0) is 70.6 Å². The summed E-state index contributed by atoms with van der Waals surface area (Å²) in [6, 6.07) is 6.19. The van der Waals surface area contributed by atoms with E-state index in [1.165, 1.54) is 11.1 Å². The van der Waals surface area contributed by atoms with Crippen LogP contribution in [0.4, 0.5) is 5.69 Å². The van der Waals surface area contributed by atoms with Crippen molar-refractivity contribution in [1.82, 2.24) is 10.2 Å².